The van der Waals surface area contributed by atoms with Gasteiger partial charge in [-0.3, -0.25) is 0 Å². The molecule has 0 aliphatic rings. The van der Waals surface area contributed by atoms with Crippen molar-refractivity contribution in [3.8, 4) is 16.9 Å². The van der Waals surface area contributed by atoms with E-state index in [9.17, 15) is 0 Å². The second kappa shape index (κ2) is 7.81. The monoisotopic (exact) mass is 455 g/mol. The summed E-state index contributed by atoms with van der Waals surface area (Å²) in [6.07, 6.45) is 2.19. The molecule has 0 aliphatic heterocycles. The summed E-state index contributed by atoms with van der Waals surface area (Å²) < 4.78 is 4.69. The van der Waals surface area contributed by atoms with Gasteiger partial charge in [0.2, 0.25) is 5.69 Å². The summed E-state index contributed by atoms with van der Waals surface area (Å²) in [5, 5.41) is 5.24. The van der Waals surface area contributed by atoms with Crippen molar-refractivity contribution < 1.29 is 4.57 Å². The lowest BCUT2D eigenvalue weighted by Crippen LogP contribution is -2.30. The van der Waals surface area contributed by atoms with E-state index in [-0.39, 0.29) is 0 Å². The van der Waals surface area contributed by atoms with Gasteiger partial charge in [0.05, 0.1) is 22.0 Å². The molecule has 0 unspecified atom stereocenters. The SMILES string of the molecule is Cc1cc(C)c(C)c(-c2c3ccc(-n4c5cccc(C)c5c5c(C)cccc54)cc3cc[n+]2C)c1. The number of hydrogen-bond donors (Lipinski definition) is 0. The maximum absolute atomic E-state index is 2.43. The minimum atomic E-state index is 1.20. The number of aromatic nitrogens is 2. The third-order valence-electron chi connectivity index (χ3n) is 7.68. The van der Waals surface area contributed by atoms with Gasteiger partial charge in [0.15, 0.2) is 6.20 Å². The van der Waals surface area contributed by atoms with E-state index < -0.39 is 0 Å². The van der Waals surface area contributed by atoms with Crippen LogP contribution in [0.5, 0.6) is 0 Å². The smallest absolute Gasteiger partial charge is 0.220 e. The molecule has 0 saturated carbocycles. The Labute approximate surface area is 207 Å². The van der Waals surface area contributed by atoms with Gasteiger partial charge in [-0.15, -0.1) is 0 Å². The van der Waals surface area contributed by atoms with Gasteiger partial charge in [0.25, 0.3) is 0 Å². The first-order valence-corrected chi connectivity index (χ1v) is 12.4. The molecule has 0 N–H and O–H groups in total. The fourth-order valence-corrected chi connectivity index (χ4v) is 5.86. The summed E-state index contributed by atoms with van der Waals surface area (Å²) in [6.45, 7) is 11.1. The topological polar surface area (TPSA) is 8.81 Å². The van der Waals surface area contributed by atoms with Crippen molar-refractivity contribution in [2.75, 3.05) is 0 Å². The molecule has 6 aromatic rings. The number of pyridine rings is 1. The van der Waals surface area contributed by atoms with E-state index in [1.54, 1.807) is 0 Å². The summed E-state index contributed by atoms with van der Waals surface area (Å²) in [7, 11) is 2.15. The van der Waals surface area contributed by atoms with E-state index >= 15 is 0 Å². The standard InChI is InChI=1S/C33H31N2/c1-20-17-23(4)24(5)28(18-20)33-27-14-13-26(19-25(27)15-16-34(33)6)35-29-11-7-9-21(2)31(29)32-22(3)10-8-12-30(32)35/h7-19H,1-6H3/q+1. The van der Waals surface area contributed by atoms with Crippen LogP contribution in [0.25, 0.3) is 49.5 Å². The summed E-state index contributed by atoms with van der Waals surface area (Å²) in [4.78, 5) is 0. The molecular weight excluding hydrogens is 424 g/mol. The van der Waals surface area contributed by atoms with Crippen LogP contribution in [0.4, 0.5) is 0 Å². The molecule has 2 aromatic heterocycles. The van der Waals surface area contributed by atoms with Gasteiger partial charge in [-0.25, -0.2) is 4.57 Å². The molecule has 4 aromatic carbocycles. The average molecular weight is 456 g/mol. The fraction of sp³-hybridized carbons (Fsp3) is 0.182. The molecule has 0 aliphatic carbocycles. The second-order valence-corrected chi connectivity index (χ2v) is 10.1. The van der Waals surface area contributed by atoms with Gasteiger partial charge in [-0.2, -0.15) is 0 Å². The maximum Gasteiger partial charge on any atom is 0.220 e. The van der Waals surface area contributed by atoms with Gasteiger partial charge in [0.1, 0.15) is 7.05 Å². The van der Waals surface area contributed by atoms with Crippen LogP contribution in [-0.4, -0.2) is 4.57 Å². The first-order chi connectivity index (χ1) is 16.8. The number of benzene rings is 4. The normalized spacial score (nSPS) is 11.7. The van der Waals surface area contributed by atoms with Crippen LogP contribution >= 0.6 is 0 Å². The Morgan fingerprint density at radius 1 is 0.657 bits per heavy atom. The number of nitrogens with zero attached hydrogens (tertiary/aromatic N) is 2. The number of aryl methyl sites for hydroxylation is 5. The molecule has 0 bridgehead atoms. The van der Waals surface area contributed by atoms with Crippen LogP contribution in [0.2, 0.25) is 0 Å². The van der Waals surface area contributed by atoms with Crippen LogP contribution in [0.3, 0.4) is 0 Å². The van der Waals surface area contributed by atoms with Crippen molar-refractivity contribution in [3.63, 3.8) is 0 Å². The van der Waals surface area contributed by atoms with E-state index in [4.69, 9.17) is 0 Å². The quantitative estimate of drug-likeness (QED) is 0.234. The highest BCUT2D eigenvalue weighted by atomic mass is 15.0. The molecule has 0 fully saturated rings. The van der Waals surface area contributed by atoms with E-state index in [1.165, 1.54) is 77.3 Å². The van der Waals surface area contributed by atoms with Crippen molar-refractivity contribution in [2.24, 2.45) is 7.05 Å². The Morgan fingerprint density at radius 3 is 1.97 bits per heavy atom. The predicted octanol–water partition coefficient (Wildman–Crippen LogP) is 7.97. The highest BCUT2D eigenvalue weighted by Gasteiger charge is 2.20. The van der Waals surface area contributed by atoms with E-state index in [0.29, 0.717) is 0 Å². The number of fused-ring (bicyclic) bond motifs is 4. The third-order valence-corrected chi connectivity index (χ3v) is 7.68. The van der Waals surface area contributed by atoms with Gasteiger partial charge in [0, 0.05) is 22.5 Å². The fourth-order valence-electron chi connectivity index (χ4n) is 5.86. The van der Waals surface area contributed by atoms with Crippen molar-refractivity contribution in [2.45, 2.75) is 34.6 Å². The molecule has 2 nitrogen and oxygen atoms in total. The largest absolute Gasteiger partial charge is 0.309 e. The second-order valence-electron chi connectivity index (χ2n) is 10.1. The lowest BCUT2D eigenvalue weighted by molar-refractivity contribution is -0.659. The Balaban J connectivity index is 1.67. The van der Waals surface area contributed by atoms with Crippen LogP contribution < -0.4 is 4.57 Å². The molecule has 0 saturated heterocycles. The highest BCUT2D eigenvalue weighted by molar-refractivity contribution is 6.12. The number of rotatable bonds is 2. The van der Waals surface area contributed by atoms with E-state index in [2.05, 4.69) is 130 Å². The lowest BCUT2D eigenvalue weighted by atomic mass is 9.94. The zero-order valence-electron chi connectivity index (χ0n) is 21.4. The lowest BCUT2D eigenvalue weighted by Gasteiger charge is -2.13. The average Bonchev–Trinajstić information content (AvgIpc) is 3.18. The van der Waals surface area contributed by atoms with Gasteiger partial charge in [-0.1, -0.05) is 35.9 Å². The van der Waals surface area contributed by atoms with Crippen LogP contribution in [0.1, 0.15) is 27.8 Å². The van der Waals surface area contributed by atoms with Crippen LogP contribution in [-0.2, 0) is 7.05 Å². The zero-order valence-corrected chi connectivity index (χ0v) is 21.4. The Bertz CT molecular complexity index is 1740. The minimum absolute atomic E-state index is 1.20. The predicted molar refractivity (Wildman–Crippen MR) is 149 cm³/mol. The summed E-state index contributed by atoms with van der Waals surface area (Å²) in [5.74, 6) is 0. The number of hydrogen-bond acceptors (Lipinski definition) is 0. The molecule has 35 heavy (non-hydrogen) atoms. The summed E-state index contributed by atoms with van der Waals surface area (Å²) >= 11 is 0. The molecule has 0 spiro atoms. The Kier molecular flexibility index (Phi) is 4.82. The van der Waals surface area contributed by atoms with E-state index in [0.717, 1.165) is 0 Å². The molecule has 0 radical (unpaired) electrons. The van der Waals surface area contributed by atoms with Gasteiger partial charge >= 0.3 is 0 Å². The maximum atomic E-state index is 2.43. The minimum Gasteiger partial charge on any atom is -0.309 e. The molecule has 0 amide bonds. The van der Waals surface area contributed by atoms with E-state index in [1.807, 2.05) is 0 Å². The first-order valence-electron chi connectivity index (χ1n) is 12.4. The van der Waals surface area contributed by atoms with Crippen LogP contribution in [0.15, 0.2) is 79.0 Å². The van der Waals surface area contributed by atoms with Crippen molar-refractivity contribution in [1.29, 1.82) is 0 Å². The van der Waals surface area contributed by atoms with Crippen molar-refractivity contribution in [3.05, 3.63) is 107 Å². The molecule has 6 rings (SSSR count). The molecular formula is C33H31N2+. The molecule has 2 heteroatoms. The molecule has 0 atom stereocenters. The Morgan fingerprint density at radius 2 is 1.31 bits per heavy atom. The van der Waals surface area contributed by atoms with Gasteiger partial charge < -0.3 is 4.57 Å². The highest BCUT2D eigenvalue weighted by Crippen LogP contribution is 2.37. The summed E-state index contributed by atoms with van der Waals surface area (Å²) in [5.41, 5.74) is 12.9. The third kappa shape index (κ3) is 3.20. The molecule has 172 valence electrons. The molecule has 2 heterocycles. The van der Waals surface area contributed by atoms with Crippen LogP contribution in [0, 0.1) is 34.6 Å². The first kappa shape index (κ1) is 21.6. The summed E-state index contributed by atoms with van der Waals surface area (Å²) in [6, 6.07) is 27.1. The van der Waals surface area contributed by atoms with Crippen molar-refractivity contribution in [1.82, 2.24) is 4.57 Å². The Hall–Kier alpha value is -3.91. The van der Waals surface area contributed by atoms with Gasteiger partial charge in [-0.05, 0) is 98.7 Å². The van der Waals surface area contributed by atoms with Crippen molar-refractivity contribution >= 4 is 32.6 Å². The zero-order chi connectivity index (χ0) is 24.4.